The zero-order chi connectivity index (χ0) is 8.85. The quantitative estimate of drug-likeness (QED) is 0.508. The Kier molecular flexibility index (Phi) is 4.47. The zero-order valence-corrected chi connectivity index (χ0v) is 7.66. The highest BCUT2D eigenvalue weighted by molar-refractivity contribution is 6.28. The van der Waals surface area contributed by atoms with Gasteiger partial charge in [0.2, 0.25) is 9.76 Å². The van der Waals surface area contributed by atoms with Crippen molar-refractivity contribution in [2.24, 2.45) is 5.73 Å². The summed E-state index contributed by atoms with van der Waals surface area (Å²) in [6.45, 7) is 1.77. The molecule has 0 amide bonds. The van der Waals surface area contributed by atoms with Crippen LogP contribution in [-0.4, -0.2) is 32.9 Å². The number of nitrogens with two attached hydrogens (primary N) is 1. The topological polar surface area (TPSA) is 89.6 Å². The van der Waals surface area contributed by atoms with Crippen LogP contribution in [0, 0.1) is 0 Å². The summed E-state index contributed by atoms with van der Waals surface area (Å²) in [4.78, 5) is 20.7. The molecule has 0 saturated carbocycles. The zero-order valence-electron chi connectivity index (χ0n) is 6.24. The van der Waals surface area contributed by atoms with E-state index < -0.39 is 27.7 Å². The largest absolute Gasteiger partial charge is 0.524 e. The number of aliphatic carboxylic acids is 1. The van der Waals surface area contributed by atoms with Gasteiger partial charge in [-0.15, -0.1) is 0 Å². The highest BCUT2D eigenvalue weighted by Gasteiger charge is 2.16. The molecule has 0 aliphatic rings. The van der Waals surface area contributed by atoms with E-state index in [0.717, 1.165) is 0 Å². The SMILES string of the molecule is C[SiH2]OC(=O)C(N)CC(=O)O. The molecule has 0 aliphatic carbocycles. The molecule has 3 N–H and O–H groups in total. The molecular formula is C5H11NO4Si. The van der Waals surface area contributed by atoms with E-state index in [9.17, 15) is 9.59 Å². The number of rotatable bonds is 4. The predicted molar refractivity (Wildman–Crippen MR) is 40.7 cm³/mol. The van der Waals surface area contributed by atoms with Crippen molar-refractivity contribution < 1.29 is 19.1 Å². The Balaban J connectivity index is 3.73. The molecule has 0 aromatic heterocycles. The normalized spacial score (nSPS) is 13.3. The van der Waals surface area contributed by atoms with Crippen molar-refractivity contribution >= 4 is 21.7 Å². The molecule has 0 bridgehead atoms. The van der Waals surface area contributed by atoms with Crippen LogP contribution < -0.4 is 5.73 Å². The lowest BCUT2D eigenvalue weighted by atomic mass is 10.2. The Morgan fingerprint density at radius 1 is 1.73 bits per heavy atom. The van der Waals surface area contributed by atoms with Gasteiger partial charge < -0.3 is 15.3 Å². The molecule has 0 spiro atoms. The molecule has 0 aliphatic heterocycles. The predicted octanol–water partition coefficient (Wildman–Crippen LogP) is -1.54. The first-order valence-corrected chi connectivity index (χ1v) is 5.21. The molecule has 1 unspecified atom stereocenters. The van der Waals surface area contributed by atoms with E-state index in [-0.39, 0.29) is 6.42 Å². The van der Waals surface area contributed by atoms with Gasteiger partial charge >= 0.3 is 11.9 Å². The van der Waals surface area contributed by atoms with Crippen LogP contribution in [0.25, 0.3) is 0 Å². The maximum absolute atomic E-state index is 10.7. The second kappa shape index (κ2) is 4.86. The summed E-state index contributed by atoms with van der Waals surface area (Å²) in [7, 11) is -0.833. The summed E-state index contributed by atoms with van der Waals surface area (Å²) in [5.41, 5.74) is 5.17. The molecule has 6 heteroatoms. The lowest BCUT2D eigenvalue weighted by Crippen LogP contribution is -2.34. The van der Waals surface area contributed by atoms with Crippen LogP contribution in [0.3, 0.4) is 0 Å². The lowest BCUT2D eigenvalue weighted by Gasteiger charge is -2.07. The Hall–Kier alpha value is -0.883. The second-order valence-corrected chi connectivity index (χ2v) is 2.82. The monoisotopic (exact) mass is 177 g/mol. The minimum atomic E-state index is -1.09. The third kappa shape index (κ3) is 4.51. The fourth-order valence-corrected chi connectivity index (χ4v) is 1.02. The van der Waals surface area contributed by atoms with E-state index in [4.69, 9.17) is 10.8 Å². The number of carbonyl (C=O) groups is 2. The maximum atomic E-state index is 10.7. The smallest absolute Gasteiger partial charge is 0.309 e. The van der Waals surface area contributed by atoms with Crippen molar-refractivity contribution in [3.8, 4) is 0 Å². The molecule has 1 atom stereocenters. The number of carbonyl (C=O) groups excluding carboxylic acids is 1. The number of hydrogen-bond acceptors (Lipinski definition) is 4. The minimum Gasteiger partial charge on any atom is -0.524 e. The summed E-state index contributed by atoms with van der Waals surface area (Å²) >= 11 is 0. The minimum absolute atomic E-state index is 0.368. The van der Waals surface area contributed by atoms with Crippen LogP contribution in [0.5, 0.6) is 0 Å². The van der Waals surface area contributed by atoms with Crippen LogP contribution in [0.2, 0.25) is 6.55 Å². The average Bonchev–Trinajstić information content (AvgIpc) is 1.86. The summed E-state index contributed by atoms with van der Waals surface area (Å²) in [5.74, 6) is -1.70. The van der Waals surface area contributed by atoms with Gasteiger partial charge in [-0.3, -0.25) is 9.59 Å². The summed E-state index contributed by atoms with van der Waals surface area (Å²) in [6, 6.07) is -1.01. The molecule has 0 fully saturated rings. The van der Waals surface area contributed by atoms with Gasteiger partial charge in [0.25, 0.3) is 0 Å². The molecule has 0 saturated heterocycles. The Labute approximate surface area is 66.5 Å². The molecule has 11 heavy (non-hydrogen) atoms. The van der Waals surface area contributed by atoms with Crippen molar-refractivity contribution in [3.63, 3.8) is 0 Å². The fourth-order valence-electron chi connectivity index (χ4n) is 0.521. The molecular weight excluding hydrogens is 166 g/mol. The summed E-state index contributed by atoms with van der Waals surface area (Å²) < 4.78 is 4.62. The van der Waals surface area contributed by atoms with Crippen LogP contribution in [0.4, 0.5) is 0 Å². The van der Waals surface area contributed by atoms with Crippen LogP contribution >= 0.6 is 0 Å². The Morgan fingerprint density at radius 2 is 2.27 bits per heavy atom. The van der Waals surface area contributed by atoms with Crippen LogP contribution in [-0.2, 0) is 14.0 Å². The Bertz CT molecular complexity index is 161. The number of carboxylic acids is 1. The molecule has 5 nitrogen and oxygen atoms in total. The molecule has 0 heterocycles. The van der Waals surface area contributed by atoms with E-state index in [2.05, 4.69) is 4.43 Å². The van der Waals surface area contributed by atoms with Gasteiger partial charge in [0.05, 0.1) is 6.42 Å². The first-order chi connectivity index (χ1) is 5.07. The van der Waals surface area contributed by atoms with E-state index in [0.29, 0.717) is 0 Å². The van der Waals surface area contributed by atoms with Crippen molar-refractivity contribution in [3.05, 3.63) is 0 Å². The summed E-state index contributed by atoms with van der Waals surface area (Å²) in [6.07, 6.45) is -0.368. The van der Waals surface area contributed by atoms with Gasteiger partial charge in [-0.05, 0) is 6.55 Å². The molecule has 64 valence electrons. The fraction of sp³-hybridized carbons (Fsp3) is 0.600. The van der Waals surface area contributed by atoms with Crippen molar-refractivity contribution in [1.29, 1.82) is 0 Å². The van der Waals surface area contributed by atoms with Gasteiger partial charge in [-0.1, -0.05) is 0 Å². The van der Waals surface area contributed by atoms with Crippen molar-refractivity contribution in [1.82, 2.24) is 0 Å². The van der Waals surface area contributed by atoms with Crippen LogP contribution in [0.1, 0.15) is 6.42 Å². The first-order valence-electron chi connectivity index (χ1n) is 3.22. The molecule has 0 aromatic carbocycles. The Morgan fingerprint density at radius 3 is 2.64 bits per heavy atom. The van der Waals surface area contributed by atoms with Crippen molar-refractivity contribution in [2.45, 2.75) is 19.0 Å². The van der Waals surface area contributed by atoms with Crippen molar-refractivity contribution in [2.75, 3.05) is 0 Å². The van der Waals surface area contributed by atoms with Crippen LogP contribution in [0.15, 0.2) is 0 Å². The third-order valence-corrected chi connectivity index (χ3v) is 1.56. The van der Waals surface area contributed by atoms with Gasteiger partial charge in [-0.2, -0.15) is 0 Å². The molecule has 0 rings (SSSR count). The lowest BCUT2D eigenvalue weighted by molar-refractivity contribution is -0.143. The summed E-state index contributed by atoms with van der Waals surface area (Å²) in [5, 5.41) is 8.22. The van der Waals surface area contributed by atoms with Gasteiger partial charge in [0.15, 0.2) is 0 Å². The van der Waals surface area contributed by atoms with Gasteiger partial charge in [0, 0.05) is 0 Å². The van der Waals surface area contributed by atoms with E-state index in [1.807, 2.05) is 0 Å². The second-order valence-electron chi connectivity index (χ2n) is 1.96. The average molecular weight is 177 g/mol. The van der Waals surface area contributed by atoms with Gasteiger partial charge in [-0.25, -0.2) is 0 Å². The highest BCUT2D eigenvalue weighted by Crippen LogP contribution is 1.90. The highest BCUT2D eigenvalue weighted by atomic mass is 28.2. The molecule has 0 radical (unpaired) electrons. The van der Waals surface area contributed by atoms with E-state index in [1.165, 1.54) is 0 Å². The first kappa shape index (κ1) is 10.1. The number of carboxylic acid groups (broad SMARTS) is 1. The van der Waals surface area contributed by atoms with Gasteiger partial charge in [0.1, 0.15) is 6.04 Å². The van der Waals surface area contributed by atoms with E-state index in [1.54, 1.807) is 6.55 Å². The standard InChI is InChI=1S/C5H11NO4Si/c1-11-10-5(9)3(6)2-4(7)8/h3H,2,6,11H2,1H3,(H,7,8). The molecule has 0 aromatic rings. The number of hydrogen-bond donors (Lipinski definition) is 2. The van der Waals surface area contributed by atoms with E-state index >= 15 is 0 Å². The maximum Gasteiger partial charge on any atom is 0.309 e. The third-order valence-electron chi connectivity index (χ3n) is 0.984.